The molecule has 4 aromatic rings. The molecule has 9 nitrogen and oxygen atoms in total. The van der Waals surface area contributed by atoms with Gasteiger partial charge in [0.1, 0.15) is 23.3 Å². The molecule has 10 heteroatoms. The first kappa shape index (κ1) is 26.4. The summed E-state index contributed by atoms with van der Waals surface area (Å²) in [6.07, 6.45) is 5.56. The standard InChI is InChI=1S/C31H37FN6O3/c1-4-40-29-27(26-18(2)24(32)16-25-23(26)17-33-36-25)21(19-5-6-19)15-22-28(29)34-31(41-20-7-13-39-14-8-20)35-30(22)38-11-9-37(3)10-12-38/h15-17,19-20H,4-14H2,1-3H3,(H,33,36). The predicted octanol–water partition coefficient (Wildman–Crippen LogP) is 5.21. The number of fused-ring (bicyclic) bond motifs is 2. The van der Waals surface area contributed by atoms with Crippen molar-refractivity contribution in [3.8, 4) is 22.9 Å². The third kappa shape index (κ3) is 4.86. The number of aromatic amines is 1. The fourth-order valence-electron chi connectivity index (χ4n) is 6.22. The number of hydrogen-bond donors (Lipinski definition) is 1. The van der Waals surface area contributed by atoms with E-state index >= 15 is 4.39 Å². The summed E-state index contributed by atoms with van der Waals surface area (Å²) in [7, 11) is 2.15. The minimum Gasteiger partial charge on any atom is -0.491 e. The molecule has 2 aromatic heterocycles. The topological polar surface area (TPSA) is 88.6 Å². The van der Waals surface area contributed by atoms with Gasteiger partial charge in [-0.15, -0.1) is 0 Å². The van der Waals surface area contributed by atoms with Crippen LogP contribution in [-0.2, 0) is 4.74 Å². The van der Waals surface area contributed by atoms with Crippen molar-refractivity contribution >= 4 is 27.6 Å². The molecule has 2 saturated heterocycles. The summed E-state index contributed by atoms with van der Waals surface area (Å²) in [4.78, 5) is 14.8. The molecule has 4 heterocycles. The van der Waals surface area contributed by atoms with Crippen LogP contribution in [0.25, 0.3) is 32.9 Å². The molecule has 2 aromatic carbocycles. The van der Waals surface area contributed by atoms with Crippen molar-refractivity contribution in [3.63, 3.8) is 0 Å². The number of likely N-dealkylation sites (N-methyl/N-ethyl adjacent to an activating group) is 1. The maximum absolute atomic E-state index is 15.4. The second-order valence-corrected chi connectivity index (χ2v) is 11.5. The fraction of sp³-hybridized carbons (Fsp3) is 0.516. The van der Waals surface area contributed by atoms with Crippen LogP contribution in [0.1, 0.15) is 49.7 Å². The molecule has 2 aliphatic heterocycles. The van der Waals surface area contributed by atoms with Gasteiger partial charge < -0.3 is 24.0 Å². The lowest BCUT2D eigenvalue weighted by atomic mass is 9.88. The molecular formula is C31H37FN6O3. The van der Waals surface area contributed by atoms with Crippen LogP contribution in [0.2, 0.25) is 0 Å². The van der Waals surface area contributed by atoms with Crippen LogP contribution in [0, 0.1) is 12.7 Å². The van der Waals surface area contributed by atoms with Crippen LogP contribution in [0.4, 0.5) is 10.2 Å². The number of hydrogen-bond acceptors (Lipinski definition) is 8. The van der Waals surface area contributed by atoms with Gasteiger partial charge in [-0.25, -0.2) is 4.39 Å². The maximum Gasteiger partial charge on any atom is 0.319 e. The minimum absolute atomic E-state index is 0.00157. The first-order chi connectivity index (χ1) is 20.0. The zero-order valence-electron chi connectivity index (χ0n) is 24.0. The van der Waals surface area contributed by atoms with E-state index in [4.69, 9.17) is 24.2 Å². The van der Waals surface area contributed by atoms with Crippen LogP contribution in [-0.4, -0.2) is 84.2 Å². The number of H-pyrrole nitrogens is 1. The van der Waals surface area contributed by atoms with Crippen LogP contribution < -0.4 is 14.4 Å². The fourth-order valence-corrected chi connectivity index (χ4v) is 6.22. The summed E-state index contributed by atoms with van der Waals surface area (Å²) >= 11 is 0. The van der Waals surface area contributed by atoms with Crippen LogP contribution in [0.15, 0.2) is 18.3 Å². The largest absolute Gasteiger partial charge is 0.491 e. The molecule has 0 radical (unpaired) electrons. The average Bonchev–Trinajstić information content (AvgIpc) is 3.73. The lowest BCUT2D eigenvalue weighted by Gasteiger charge is -2.34. The molecule has 0 atom stereocenters. The van der Waals surface area contributed by atoms with Crippen molar-refractivity contribution in [2.75, 3.05) is 57.9 Å². The maximum atomic E-state index is 15.4. The van der Waals surface area contributed by atoms with E-state index in [2.05, 4.69) is 33.1 Å². The Kier molecular flexibility index (Phi) is 6.90. The van der Waals surface area contributed by atoms with Gasteiger partial charge in [-0.1, -0.05) is 0 Å². The number of rotatable bonds is 7. The molecular weight excluding hydrogens is 523 g/mol. The van der Waals surface area contributed by atoms with Crippen molar-refractivity contribution in [1.29, 1.82) is 0 Å². The van der Waals surface area contributed by atoms with Gasteiger partial charge in [0.05, 0.1) is 31.5 Å². The summed E-state index contributed by atoms with van der Waals surface area (Å²) in [6.45, 7) is 9.23. The smallest absolute Gasteiger partial charge is 0.319 e. The van der Waals surface area contributed by atoms with Gasteiger partial charge in [-0.05, 0) is 62.9 Å². The summed E-state index contributed by atoms with van der Waals surface area (Å²) in [5.74, 6) is 1.64. The molecule has 0 spiro atoms. The molecule has 1 N–H and O–H groups in total. The Morgan fingerprint density at radius 2 is 1.80 bits per heavy atom. The highest BCUT2D eigenvalue weighted by Gasteiger charge is 2.34. The monoisotopic (exact) mass is 560 g/mol. The predicted molar refractivity (Wildman–Crippen MR) is 157 cm³/mol. The summed E-state index contributed by atoms with van der Waals surface area (Å²) in [5, 5.41) is 9.06. The zero-order valence-corrected chi connectivity index (χ0v) is 24.0. The summed E-state index contributed by atoms with van der Waals surface area (Å²) < 4.78 is 33.8. The number of nitrogens with one attached hydrogen (secondary N) is 1. The molecule has 0 amide bonds. The van der Waals surface area contributed by atoms with Gasteiger partial charge in [0.2, 0.25) is 0 Å². The van der Waals surface area contributed by atoms with E-state index < -0.39 is 0 Å². The van der Waals surface area contributed by atoms with E-state index in [1.165, 1.54) is 6.07 Å². The lowest BCUT2D eigenvalue weighted by molar-refractivity contribution is 0.0219. The Morgan fingerprint density at radius 3 is 2.54 bits per heavy atom. The van der Waals surface area contributed by atoms with Crippen LogP contribution in [0.5, 0.6) is 11.8 Å². The molecule has 216 valence electrons. The molecule has 3 aliphatic rings. The third-order valence-corrected chi connectivity index (χ3v) is 8.68. The second-order valence-electron chi connectivity index (χ2n) is 11.5. The molecule has 1 saturated carbocycles. The highest BCUT2D eigenvalue weighted by molar-refractivity contribution is 6.06. The molecule has 0 unspecified atom stereocenters. The highest BCUT2D eigenvalue weighted by Crippen LogP contribution is 2.53. The molecule has 0 bridgehead atoms. The first-order valence-electron chi connectivity index (χ1n) is 14.8. The second kappa shape index (κ2) is 10.7. The SMILES string of the molecule is CCOc1c(-c2c(C)c(F)cc3[nH]ncc23)c(C2CC2)cc2c(N3CCN(C)CC3)nc(OC3CCOCC3)nc12. The molecule has 1 aliphatic carbocycles. The van der Waals surface area contributed by atoms with Gasteiger partial charge in [0.25, 0.3) is 0 Å². The Bertz CT molecular complexity index is 1590. The van der Waals surface area contributed by atoms with Gasteiger partial charge in [-0.3, -0.25) is 5.10 Å². The Labute approximate surface area is 239 Å². The summed E-state index contributed by atoms with van der Waals surface area (Å²) in [5.41, 5.74) is 4.83. The van der Waals surface area contributed by atoms with Crippen LogP contribution in [0.3, 0.4) is 0 Å². The Morgan fingerprint density at radius 1 is 1.02 bits per heavy atom. The van der Waals surface area contributed by atoms with Crippen molar-refractivity contribution in [2.24, 2.45) is 0 Å². The molecule has 3 fully saturated rings. The van der Waals surface area contributed by atoms with E-state index in [9.17, 15) is 0 Å². The number of piperazine rings is 1. The normalized spacial score (nSPS) is 18.9. The van der Waals surface area contributed by atoms with E-state index in [-0.39, 0.29) is 11.9 Å². The number of benzene rings is 2. The highest BCUT2D eigenvalue weighted by atomic mass is 19.1. The van der Waals surface area contributed by atoms with Crippen molar-refractivity contribution in [3.05, 3.63) is 35.3 Å². The van der Waals surface area contributed by atoms with Crippen molar-refractivity contribution in [1.82, 2.24) is 25.1 Å². The number of halogens is 1. The molecule has 41 heavy (non-hydrogen) atoms. The Balaban J connectivity index is 1.50. The van der Waals surface area contributed by atoms with E-state index in [0.717, 1.165) is 85.1 Å². The quantitative estimate of drug-likeness (QED) is 0.330. The van der Waals surface area contributed by atoms with Crippen molar-refractivity contribution < 1.29 is 18.6 Å². The van der Waals surface area contributed by atoms with Gasteiger partial charge >= 0.3 is 6.01 Å². The van der Waals surface area contributed by atoms with E-state index in [0.29, 0.717) is 54.1 Å². The van der Waals surface area contributed by atoms with Crippen LogP contribution >= 0.6 is 0 Å². The average molecular weight is 561 g/mol. The van der Waals surface area contributed by atoms with E-state index in [1.54, 1.807) is 6.20 Å². The van der Waals surface area contributed by atoms with Gasteiger partial charge in [0, 0.05) is 60.9 Å². The first-order valence-corrected chi connectivity index (χ1v) is 14.8. The number of ether oxygens (including phenoxy) is 3. The van der Waals surface area contributed by atoms with Gasteiger partial charge in [-0.2, -0.15) is 15.1 Å². The van der Waals surface area contributed by atoms with Crippen molar-refractivity contribution in [2.45, 2.75) is 51.6 Å². The number of nitrogens with zero attached hydrogens (tertiary/aromatic N) is 5. The third-order valence-electron chi connectivity index (χ3n) is 8.68. The molecule has 7 rings (SSSR count). The number of anilines is 1. The zero-order chi connectivity index (χ0) is 28.1. The number of aromatic nitrogens is 4. The lowest BCUT2D eigenvalue weighted by Crippen LogP contribution is -2.45. The minimum atomic E-state index is -0.273. The summed E-state index contributed by atoms with van der Waals surface area (Å²) in [6, 6.07) is 4.12. The van der Waals surface area contributed by atoms with E-state index in [1.807, 2.05) is 13.8 Å². The van der Waals surface area contributed by atoms with Gasteiger partial charge in [0.15, 0.2) is 5.75 Å². The Hall–Kier alpha value is -3.50.